The third kappa shape index (κ3) is 4.47. The molecule has 1 amide bonds. The van der Waals surface area contributed by atoms with Gasteiger partial charge in [0.2, 0.25) is 5.91 Å². The molecule has 1 heterocycles. The van der Waals surface area contributed by atoms with Gasteiger partial charge >= 0.3 is 0 Å². The number of rotatable bonds is 6. The van der Waals surface area contributed by atoms with Crippen molar-refractivity contribution in [2.45, 2.75) is 70.8 Å². The van der Waals surface area contributed by atoms with Gasteiger partial charge in [-0.15, -0.1) is 0 Å². The van der Waals surface area contributed by atoms with Crippen molar-refractivity contribution < 1.29 is 4.79 Å². The first-order valence-electron chi connectivity index (χ1n) is 8.69. The van der Waals surface area contributed by atoms with E-state index < -0.39 is 0 Å². The number of nitrogens with zero attached hydrogens (tertiary/aromatic N) is 1. The number of unbranched alkanes of at least 4 members (excludes halogenated alkanes) is 1. The Balaban J connectivity index is 1.70. The lowest BCUT2D eigenvalue weighted by molar-refractivity contribution is -0.135. The van der Waals surface area contributed by atoms with Crippen molar-refractivity contribution in [3.63, 3.8) is 0 Å². The van der Waals surface area contributed by atoms with E-state index in [4.69, 9.17) is 0 Å². The molecule has 1 atom stereocenters. The number of likely N-dealkylation sites (N-methyl/N-ethyl adjacent to an activating group) is 1. The molecule has 1 N–H and O–H groups in total. The first-order chi connectivity index (χ1) is 9.70. The first-order valence-corrected chi connectivity index (χ1v) is 8.69. The van der Waals surface area contributed by atoms with Crippen LogP contribution in [0.4, 0.5) is 0 Å². The highest BCUT2D eigenvalue weighted by atomic mass is 16.2. The molecule has 3 nitrogen and oxygen atoms in total. The molecule has 0 aromatic heterocycles. The molecule has 2 aliphatic rings. The maximum atomic E-state index is 12.5. The first kappa shape index (κ1) is 15.8. The van der Waals surface area contributed by atoms with Gasteiger partial charge in [-0.3, -0.25) is 4.79 Å². The van der Waals surface area contributed by atoms with Crippen molar-refractivity contribution in [1.29, 1.82) is 0 Å². The molecule has 1 aliphatic heterocycles. The smallest absolute Gasteiger partial charge is 0.225 e. The van der Waals surface area contributed by atoms with E-state index in [0.717, 1.165) is 31.8 Å². The fourth-order valence-corrected chi connectivity index (χ4v) is 3.84. The van der Waals surface area contributed by atoms with Gasteiger partial charge in [0.1, 0.15) is 0 Å². The molecule has 0 spiro atoms. The normalized spacial score (nSPS) is 30.4. The molecule has 0 radical (unpaired) electrons. The van der Waals surface area contributed by atoms with Crippen molar-refractivity contribution in [1.82, 2.24) is 10.2 Å². The lowest BCUT2D eigenvalue weighted by Crippen LogP contribution is -2.42. The van der Waals surface area contributed by atoms with Gasteiger partial charge in [-0.05, 0) is 51.0 Å². The Morgan fingerprint density at radius 2 is 1.95 bits per heavy atom. The van der Waals surface area contributed by atoms with Crippen LogP contribution in [0.2, 0.25) is 0 Å². The summed E-state index contributed by atoms with van der Waals surface area (Å²) in [5.74, 6) is 1.59. The Kier molecular flexibility index (Phi) is 6.34. The minimum absolute atomic E-state index is 0.305. The summed E-state index contributed by atoms with van der Waals surface area (Å²) in [5.41, 5.74) is 0. The lowest BCUT2D eigenvalue weighted by Gasteiger charge is -2.31. The molecule has 1 unspecified atom stereocenters. The molecule has 116 valence electrons. The van der Waals surface area contributed by atoms with Gasteiger partial charge < -0.3 is 10.2 Å². The Bertz CT molecular complexity index is 291. The zero-order valence-electron chi connectivity index (χ0n) is 13.4. The molecule has 0 bridgehead atoms. The molecule has 0 aromatic carbocycles. The average Bonchev–Trinajstić information content (AvgIpc) is 2.97. The van der Waals surface area contributed by atoms with E-state index in [0.29, 0.717) is 17.9 Å². The molecular weight excluding hydrogens is 248 g/mol. The molecular formula is C17H32N2O. The van der Waals surface area contributed by atoms with Crippen LogP contribution in [0, 0.1) is 11.8 Å². The van der Waals surface area contributed by atoms with Crippen molar-refractivity contribution in [2.75, 3.05) is 20.1 Å². The third-order valence-corrected chi connectivity index (χ3v) is 5.19. The van der Waals surface area contributed by atoms with Gasteiger partial charge in [0.15, 0.2) is 0 Å². The van der Waals surface area contributed by atoms with E-state index in [9.17, 15) is 4.79 Å². The second kappa shape index (κ2) is 8.02. The van der Waals surface area contributed by atoms with Crippen molar-refractivity contribution in [3.05, 3.63) is 0 Å². The maximum Gasteiger partial charge on any atom is 0.225 e. The van der Waals surface area contributed by atoms with E-state index in [1.165, 1.54) is 44.9 Å². The van der Waals surface area contributed by atoms with Crippen molar-refractivity contribution >= 4 is 5.91 Å². The molecule has 1 saturated heterocycles. The van der Waals surface area contributed by atoms with Crippen LogP contribution in [0.15, 0.2) is 0 Å². The van der Waals surface area contributed by atoms with Gasteiger partial charge in [0.05, 0.1) is 0 Å². The Labute approximate surface area is 124 Å². The molecule has 2 fully saturated rings. The molecule has 3 heteroatoms. The number of amides is 1. The Morgan fingerprint density at radius 3 is 2.55 bits per heavy atom. The number of hydrogen-bond acceptors (Lipinski definition) is 2. The van der Waals surface area contributed by atoms with E-state index in [-0.39, 0.29) is 0 Å². The van der Waals surface area contributed by atoms with Gasteiger partial charge in [0, 0.05) is 25.6 Å². The standard InChI is InChI=1S/C17H32N2O/c1-3-4-6-14-8-10-15(11-9-14)17(20)19(2)13-16-7-5-12-18-16/h14-16,18H,3-13H2,1-2H3. The third-order valence-electron chi connectivity index (χ3n) is 5.19. The van der Waals surface area contributed by atoms with Crippen LogP contribution in [0.3, 0.4) is 0 Å². The molecule has 1 aliphatic carbocycles. The zero-order chi connectivity index (χ0) is 14.4. The van der Waals surface area contributed by atoms with Crippen LogP contribution < -0.4 is 5.32 Å². The monoisotopic (exact) mass is 280 g/mol. The highest BCUT2D eigenvalue weighted by Crippen LogP contribution is 2.32. The second-order valence-electron chi connectivity index (χ2n) is 6.87. The quantitative estimate of drug-likeness (QED) is 0.810. The minimum atomic E-state index is 0.305. The number of carbonyl (C=O) groups excluding carboxylic acids is 1. The molecule has 1 saturated carbocycles. The summed E-state index contributed by atoms with van der Waals surface area (Å²) in [5, 5.41) is 3.48. The largest absolute Gasteiger partial charge is 0.344 e. The van der Waals surface area contributed by atoms with Crippen LogP contribution in [-0.2, 0) is 4.79 Å². The second-order valence-corrected chi connectivity index (χ2v) is 6.87. The summed E-state index contributed by atoms with van der Waals surface area (Å²) >= 11 is 0. The highest BCUT2D eigenvalue weighted by Gasteiger charge is 2.29. The molecule has 0 aromatic rings. The van der Waals surface area contributed by atoms with Crippen LogP contribution >= 0.6 is 0 Å². The van der Waals surface area contributed by atoms with Crippen LogP contribution in [0.5, 0.6) is 0 Å². The van der Waals surface area contributed by atoms with Crippen molar-refractivity contribution in [2.24, 2.45) is 11.8 Å². The zero-order valence-corrected chi connectivity index (χ0v) is 13.4. The topological polar surface area (TPSA) is 32.3 Å². The number of hydrogen-bond donors (Lipinski definition) is 1. The summed E-state index contributed by atoms with van der Waals surface area (Å²) in [6.45, 7) is 4.28. The molecule has 20 heavy (non-hydrogen) atoms. The average molecular weight is 280 g/mol. The van der Waals surface area contributed by atoms with E-state index in [2.05, 4.69) is 12.2 Å². The SMILES string of the molecule is CCCCC1CCC(C(=O)N(C)CC2CCCN2)CC1. The summed E-state index contributed by atoms with van der Waals surface area (Å²) < 4.78 is 0. The van der Waals surface area contributed by atoms with Crippen LogP contribution in [-0.4, -0.2) is 37.0 Å². The number of carbonyl (C=O) groups is 1. The number of nitrogens with one attached hydrogen (secondary N) is 1. The van der Waals surface area contributed by atoms with E-state index in [1.54, 1.807) is 0 Å². The minimum Gasteiger partial charge on any atom is -0.344 e. The van der Waals surface area contributed by atoms with Crippen molar-refractivity contribution in [3.8, 4) is 0 Å². The van der Waals surface area contributed by atoms with Gasteiger partial charge in [-0.2, -0.15) is 0 Å². The maximum absolute atomic E-state index is 12.5. The summed E-state index contributed by atoms with van der Waals surface area (Å²) in [6, 6.07) is 0.532. The Hall–Kier alpha value is -0.570. The summed E-state index contributed by atoms with van der Waals surface area (Å²) in [7, 11) is 1.99. The molecule has 2 rings (SSSR count). The van der Waals surface area contributed by atoms with E-state index in [1.807, 2.05) is 11.9 Å². The fourth-order valence-electron chi connectivity index (χ4n) is 3.84. The van der Waals surface area contributed by atoms with Gasteiger partial charge in [0.25, 0.3) is 0 Å². The Morgan fingerprint density at radius 1 is 1.20 bits per heavy atom. The van der Waals surface area contributed by atoms with Crippen LogP contribution in [0.25, 0.3) is 0 Å². The van der Waals surface area contributed by atoms with E-state index >= 15 is 0 Å². The summed E-state index contributed by atoms with van der Waals surface area (Å²) in [4.78, 5) is 14.5. The predicted molar refractivity (Wildman–Crippen MR) is 83.6 cm³/mol. The predicted octanol–water partition coefficient (Wildman–Crippen LogP) is 3.19. The fraction of sp³-hybridized carbons (Fsp3) is 0.941. The van der Waals surface area contributed by atoms with Gasteiger partial charge in [-0.25, -0.2) is 0 Å². The van der Waals surface area contributed by atoms with Gasteiger partial charge in [-0.1, -0.05) is 26.2 Å². The summed E-state index contributed by atoms with van der Waals surface area (Å²) in [6.07, 6.45) is 11.3. The lowest BCUT2D eigenvalue weighted by atomic mass is 9.79. The highest BCUT2D eigenvalue weighted by molar-refractivity contribution is 5.78. The van der Waals surface area contributed by atoms with Crippen LogP contribution in [0.1, 0.15) is 64.7 Å².